The Bertz CT molecular complexity index is 1100. The van der Waals surface area contributed by atoms with Crippen LogP contribution in [-0.2, 0) is 22.3 Å². The average molecular weight is 447 g/mol. The summed E-state index contributed by atoms with van der Waals surface area (Å²) in [7, 11) is 2.86. The predicted molar refractivity (Wildman–Crippen MR) is 108 cm³/mol. The zero-order valence-electron chi connectivity index (χ0n) is 17.3. The summed E-state index contributed by atoms with van der Waals surface area (Å²) in [5.74, 6) is -1.37. The summed E-state index contributed by atoms with van der Waals surface area (Å²) >= 11 is 0. The predicted octanol–water partition coefficient (Wildman–Crippen LogP) is 3.72. The highest BCUT2D eigenvalue weighted by Crippen LogP contribution is 2.30. The van der Waals surface area contributed by atoms with Crippen LogP contribution in [0.5, 0.6) is 5.75 Å². The molecule has 0 aliphatic carbocycles. The van der Waals surface area contributed by atoms with Crippen molar-refractivity contribution in [2.45, 2.75) is 12.7 Å². The first kappa shape index (κ1) is 22.9. The number of halogens is 3. The summed E-state index contributed by atoms with van der Waals surface area (Å²) in [6.07, 6.45) is -3.27. The van der Waals surface area contributed by atoms with E-state index in [-0.39, 0.29) is 17.1 Å². The zero-order valence-corrected chi connectivity index (χ0v) is 17.3. The van der Waals surface area contributed by atoms with Crippen LogP contribution in [0.4, 0.5) is 13.2 Å². The Hall–Kier alpha value is -3.82. The number of alkyl halides is 3. The van der Waals surface area contributed by atoms with Crippen LogP contribution >= 0.6 is 0 Å². The van der Waals surface area contributed by atoms with Crippen molar-refractivity contribution in [1.82, 2.24) is 14.7 Å². The van der Waals surface area contributed by atoms with Crippen LogP contribution in [0, 0.1) is 0 Å². The second-order valence-corrected chi connectivity index (χ2v) is 6.85. The number of rotatable bonds is 7. The molecule has 1 heterocycles. The summed E-state index contributed by atoms with van der Waals surface area (Å²) in [4.78, 5) is 26.1. The molecular weight excluding hydrogens is 427 g/mol. The van der Waals surface area contributed by atoms with E-state index in [1.807, 2.05) is 30.3 Å². The Morgan fingerprint density at radius 2 is 1.81 bits per heavy atom. The van der Waals surface area contributed by atoms with Gasteiger partial charge in [0.25, 0.3) is 5.91 Å². The van der Waals surface area contributed by atoms with Crippen molar-refractivity contribution in [1.29, 1.82) is 0 Å². The third kappa shape index (κ3) is 5.45. The van der Waals surface area contributed by atoms with E-state index in [4.69, 9.17) is 9.47 Å². The fourth-order valence-electron chi connectivity index (χ4n) is 2.86. The van der Waals surface area contributed by atoms with Crippen molar-refractivity contribution in [3.8, 4) is 11.4 Å². The first-order valence-electron chi connectivity index (χ1n) is 9.45. The Labute approximate surface area is 182 Å². The van der Waals surface area contributed by atoms with Crippen molar-refractivity contribution in [2.24, 2.45) is 0 Å². The number of esters is 1. The van der Waals surface area contributed by atoms with Crippen LogP contribution in [0.25, 0.3) is 5.69 Å². The third-order valence-electron chi connectivity index (χ3n) is 4.55. The molecule has 3 aromatic rings. The Kier molecular flexibility index (Phi) is 6.82. The lowest BCUT2D eigenvalue weighted by Gasteiger charge is -2.17. The lowest BCUT2D eigenvalue weighted by atomic mass is 10.2. The van der Waals surface area contributed by atoms with Crippen molar-refractivity contribution >= 4 is 11.9 Å². The molecule has 0 saturated heterocycles. The number of hydrogen-bond donors (Lipinski definition) is 0. The topological polar surface area (TPSA) is 73.7 Å². The number of hydrogen-bond acceptors (Lipinski definition) is 5. The maximum Gasteiger partial charge on any atom is 0.416 e. The molecule has 0 aliphatic heterocycles. The Morgan fingerprint density at radius 1 is 1.09 bits per heavy atom. The number of likely N-dealkylation sites (N-methyl/N-ethyl adjacent to an activating group) is 1. The minimum absolute atomic E-state index is 0.00231. The summed E-state index contributed by atoms with van der Waals surface area (Å²) in [5.41, 5.74) is -0.129. The van der Waals surface area contributed by atoms with Crippen molar-refractivity contribution in [3.05, 3.63) is 77.6 Å². The molecule has 0 atom stereocenters. The summed E-state index contributed by atoms with van der Waals surface area (Å²) in [6.45, 7) is -0.188. The van der Waals surface area contributed by atoms with Crippen LogP contribution in [0.15, 0.2) is 60.8 Å². The minimum Gasteiger partial charge on any atom is -0.493 e. The van der Waals surface area contributed by atoms with Gasteiger partial charge < -0.3 is 14.4 Å². The van der Waals surface area contributed by atoms with Gasteiger partial charge in [0, 0.05) is 13.6 Å². The largest absolute Gasteiger partial charge is 0.493 e. The molecule has 0 aliphatic rings. The van der Waals surface area contributed by atoms with Gasteiger partial charge in [-0.3, -0.25) is 4.79 Å². The van der Waals surface area contributed by atoms with E-state index in [1.54, 1.807) is 7.05 Å². The molecule has 1 amide bonds. The molecule has 0 bridgehead atoms. The van der Waals surface area contributed by atoms with E-state index in [1.165, 1.54) is 30.3 Å². The number of benzene rings is 2. The normalized spacial score (nSPS) is 11.2. The van der Waals surface area contributed by atoms with Gasteiger partial charge in [0.15, 0.2) is 12.4 Å². The standard InChI is InChI=1S/C22H20F3N3O4/c1-27(12-15-7-4-3-5-8-15)19(29)14-32-21(30)20-18(31-2)13-28(26-20)17-10-6-9-16(11-17)22(23,24)25/h3-11,13H,12,14H2,1-2H3. The zero-order chi connectivity index (χ0) is 23.3. The van der Waals surface area contributed by atoms with Gasteiger partial charge in [0.2, 0.25) is 5.69 Å². The molecule has 168 valence electrons. The van der Waals surface area contributed by atoms with Crippen LogP contribution in [0.3, 0.4) is 0 Å². The first-order chi connectivity index (χ1) is 15.2. The average Bonchev–Trinajstić information content (AvgIpc) is 3.22. The Balaban J connectivity index is 1.69. The van der Waals surface area contributed by atoms with Crippen molar-refractivity contribution in [2.75, 3.05) is 20.8 Å². The van der Waals surface area contributed by atoms with Crippen LogP contribution < -0.4 is 4.74 Å². The highest BCUT2D eigenvalue weighted by atomic mass is 19.4. The fourth-order valence-corrected chi connectivity index (χ4v) is 2.86. The molecule has 1 aromatic heterocycles. The molecule has 32 heavy (non-hydrogen) atoms. The Morgan fingerprint density at radius 3 is 2.47 bits per heavy atom. The molecule has 0 unspecified atom stereocenters. The lowest BCUT2D eigenvalue weighted by Crippen LogP contribution is -2.30. The lowest BCUT2D eigenvalue weighted by molar-refractivity contribution is -0.137. The fraction of sp³-hybridized carbons (Fsp3) is 0.227. The van der Waals surface area contributed by atoms with Gasteiger partial charge >= 0.3 is 12.1 Å². The number of carbonyl (C=O) groups is 2. The van der Waals surface area contributed by atoms with Crippen LogP contribution in [-0.4, -0.2) is 47.3 Å². The maximum atomic E-state index is 13.0. The van der Waals surface area contributed by atoms with Gasteiger partial charge in [-0.1, -0.05) is 36.4 Å². The number of aromatic nitrogens is 2. The number of methoxy groups -OCH3 is 1. The van der Waals surface area contributed by atoms with E-state index in [9.17, 15) is 22.8 Å². The maximum absolute atomic E-state index is 13.0. The molecule has 10 heteroatoms. The van der Waals surface area contributed by atoms with Crippen LogP contribution in [0.1, 0.15) is 21.6 Å². The molecule has 0 fully saturated rings. The number of ether oxygens (including phenoxy) is 2. The van der Waals surface area contributed by atoms with Gasteiger partial charge in [-0.05, 0) is 23.8 Å². The highest BCUT2D eigenvalue weighted by molar-refractivity contribution is 5.92. The number of carbonyl (C=O) groups excluding carboxylic acids is 2. The molecule has 0 saturated carbocycles. The molecule has 0 N–H and O–H groups in total. The SMILES string of the molecule is COc1cn(-c2cccc(C(F)(F)F)c2)nc1C(=O)OCC(=O)N(C)Cc1ccccc1. The smallest absolute Gasteiger partial charge is 0.416 e. The molecule has 7 nitrogen and oxygen atoms in total. The first-order valence-corrected chi connectivity index (χ1v) is 9.45. The highest BCUT2D eigenvalue weighted by Gasteiger charge is 2.31. The molecule has 2 aromatic carbocycles. The van der Waals surface area contributed by atoms with E-state index in [0.717, 1.165) is 22.4 Å². The van der Waals surface area contributed by atoms with Gasteiger partial charge in [-0.2, -0.15) is 18.3 Å². The van der Waals surface area contributed by atoms with Crippen LogP contribution in [0.2, 0.25) is 0 Å². The second kappa shape index (κ2) is 9.54. The third-order valence-corrected chi connectivity index (χ3v) is 4.55. The molecule has 3 rings (SSSR count). The molecule has 0 radical (unpaired) electrons. The van der Waals surface area contributed by atoms with E-state index in [0.29, 0.717) is 6.54 Å². The second-order valence-electron chi connectivity index (χ2n) is 6.85. The van der Waals surface area contributed by atoms with E-state index < -0.39 is 30.2 Å². The van der Waals surface area contributed by atoms with Crippen molar-refractivity contribution in [3.63, 3.8) is 0 Å². The number of nitrogens with zero attached hydrogens (tertiary/aromatic N) is 3. The van der Waals surface area contributed by atoms with Gasteiger partial charge in [-0.25, -0.2) is 9.48 Å². The summed E-state index contributed by atoms with van der Waals surface area (Å²) in [6, 6.07) is 13.7. The minimum atomic E-state index is -4.53. The van der Waals surface area contributed by atoms with Gasteiger partial charge in [0.1, 0.15) is 0 Å². The molecule has 0 spiro atoms. The van der Waals surface area contributed by atoms with Crippen molar-refractivity contribution < 1.29 is 32.2 Å². The molecular formula is C22H20F3N3O4. The monoisotopic (exact) mass is 447 g/mol. The summed E-state index contributed by atoms with van der Waals surface area (Å²) < 4.78 is 50.2. The quantitative estimate of drug-likeness (QED) is 0.517. The summed E-state index contributed by atoms with van der Waals surface area (Å²) in [5, 5.41) is 3.99. The van der Waals surface area contributed by atoms with Gasteiger partial charge in [-0.15, -0.1) is 0 Å². The van der Waals surface area contributed by atoms with E-state index in [2.05, 4.69) is 5.10 Å². The van der Waals surface area contributed by atoms with Gasteiger partial charge in [0.05, 0.1) is 24.6 Å². The number of amides is 1. The van der Waals surface area contributed by atoms with E-state index >= 15 is 0 Å².